The number of carbonyl (C=O) groups excluding carboxylic acids is 3. The van der Waals surface area contributed by atoms with Gasteiger partial charge >= 0.3 is 6.09 Å². The van der Waals surface area contributed by atoms with E-state index in [0.717, 1.165) is 42.6 Å². The van der Waals surface area contributed by atoms with Crippen molar-refractivity contribution in [2.45, 2.75) is 76.6 Å². The molecule has 0 aromatic heterocycles. The highest BCUT2D eigenvalue weighted by atomic mass is 19.1. The third-order valence-corrected chi connectivity index (χ3v) is 8.53. The van der Waals surface area contributed by atoms with Crippen molar-refractivity contribution < 1.29 is 23.5 Å². The molecule has 2 aliphatic heterocycles. The Bertz CT molecular complexity index is 1460. The minimum atomic E-state index is -0.969. The first-order valence-electron chi connectivity index (χ1n) is 14.9. The van der Waals surface area contributed by atoms with Gasteiger partial charge in [0.2, 0.25) is 11.8 Å². The summed E-state index contributed by atoms with van der Waals surface area (Å²) in [7, 11) is 3.92. The topological polar surface area (TPSA) is 106 Å². The molecular weight excluding hydrogens is 549 g/mol. The fourth-order valence-electron chi connectivity index (χ4n) is 6.48. The van der Waals surface area contributed by atoms with Crippen LogP contribution in [0, 0.1) is 23.1 Å². The van der Waals surface area contributed by atoms with Gasteiger partial charge in [0.25, 0.3) is 0 Å². The van der Waals surface area contributed by atoms with Crippen molar-refractivity contribution in [3.8, 4) is 17.2 Å². The Hall–Kier alpha value is -3.97. The Kier molecular flexibility index (Phi) is 8.48. The van der Waals surface area contributed by atoms with Crippen molar-refractivity contribution in [1.29, 1.82) is 5.26 Å². The Morgan fingerprint density at radius 2 is 1.88 bits per heavy atom. The maximum Gasteiger partial charge on any atom is 0.411 e. The average molecular weight is 590 g/mol. The van der Waals surface area contributed by atoms with Crippen LogP contribution in [0.15, 0.2) is 36.4 Å². The number of carbonyl (C=O) groups is 3. The van der Waals surface area contributed by atoms with Crippen molar-refractivity contribution >= 4 is 23.6 Å². The van der Waals surface area contributed by atoms with Crippen LogP contribution in [0.25, 0.3) is 11.1 Å². The Morgan fingerprint density at radius 1 is 1.16 bits per heavy atom. The van der Waals surface area contributed by atoms with Gasteiger partial charge in [0.1, 0.15) is 23.5 Å². The van der Waals surface area contributed by atoms with E-state index in [-0.39, 0.29) is 24.3 Å². The van der Waals surface area contributed by atoms with E-state index >= 15 is 4.39 Å². The highest BCUT2D eigenvalue weighted by Gasteiger charge is 2.52. The van der Waals surface area contributed by atoms with Crippen LogP contribution in [0.4, 0.5) is 14.9 Å². The second kappa shape index (κ2) is 12.0. The van der Waals surface area contributed by atoms with Crippen LogP contribution < -0.4 is 10.2 Å². The molecule has 4 atom stereocenters. The van der Waals surface area contributed by atoms with E-state index in [1.807, 2.05) is 37.2 Å². The lowest BCUT2D eigenvalue weighted by atomic mass is 9.96. The minimum Gasteiger partial charge on any atom is -0.444 e. The summed E-state index contributed by atoms with van der Waals surface area (Å²) in [5.41, 5.74) is 2.86. The predicted octanol–water partition coefficient (Wildman–Crippen LogP) is 4.28. The van der Waals surface area contributed by atoms with Crippen molar-refractivity contribution in [1.82, 2.24) is 15.1 Å². The van der Waals surface area contributed by atoms with Crippen LogP contribution in [0.5, 0.6) is 0 Å². The van der Waals surface area contributed by atoms with Crippen molar-refractivity contribution in [2.75, 3.05) is 32.1 Å². The van der Waals surface area contributed by atoms with Gasteiger partial charge in [0.15, 0.2) is 0 Å². The number of halogens is 1. The zero-order valence-electron chi connectivity index (χ0n) is 25.5. The molecule has 43 heavy (non-hydrogen) atoms. The number of hydrogen-bond donors (Lipinski definition) is 1. The summed E-state index contributed by atoms with van der Waals surface area (Å²) in [6, 6.07) is 10.9. The molecule has 0 radical (unpaired) electrons. The molecule has 2 heterocycles. The zero-order valence-corrected chi connectivity index (χ0v) is 25.5. The van der Waals surface area contributed by atoms with Crippen molar-refractivity contribution in [2.24, 2.45) is 5.92 Å². The maximum absolute atomic E-state index is 15.4. The summed E-state index contributed by atoms with van der Waals surface area (Å²) in [6.07, 6.45) is 2.20. The van der Waals surface area contributed by atoms with E-state index in [0.29, 0.717) is 24.1 Å². The van der Waals surface area contributed by atoms with Crippen molar-refractivity contribution in [3.63, 3.8) is 0 Å². The van der Waals surface area contributed by atoms with Crippen LogP contribution in [-0.4, -0.2) is 78.6 Å². The molecule has 0 spiro atoms. The third-order valence-electron chi connectivity index (χ3n) is 8.53. The van der Waals surface area contributed by atoms with Crippen LogP contribution >= 0.6 is 0 Å². The molecule has 1 aliphatic carbocycles. The molecule has 9 nitrogen and oxygen atoms in total. The molecule has 1 N–H and O–H groups in total. The first kappa shape index (κ1) is 30.5. The van der Waals surface area contributed by atoms with Gasteiger partial charge in [-0.15, -0.1) is 0 Å². The number of nitriles is 1. The third kappa shape index (κ3) is 6.52. The molecule has 228 valence electrons. The first-order chi connectivity index (χ1) is 20.3. The zero-order chi connectivity index (χ0) is 31.1. The Morgan fingerprint density at radius 3 is 2.56 bits per heavy atom. The van der Waals surface area contributed by atoms with Gasteiger partial charge in [-0.2, -0.15) is 5.26 Å². The average Bonchev–Trinajstić information content (AvgIpc) is 3.63. The van der Waals surface area contributed by atoms with E-state index in [4.69, 9.17) is 4.74 Å². The smallest absolute Gasteiger partial charge is 0.411 e. The van der Waals surface area contributed by atoms with Crippen LogP contribution in [0.3, 0.4) is 0 Å². The van der Waals surface area contributed by atoms with Crippen LogP contribution in [0.2, 0.25) is 0 Å². The Labute approximate surface area is 252 Å². The number of anilines is 1. The quantitative estimate of drug-likeness (QED) is 0.493. The predicted molar refractivity (Wildman–Crippen MR) is 161 cm³/mol. The van der Waals surface area contributed by atoms with Gasteiger partial charge in [-0.25, -0.2) is 9.18 Å². The van der Waals surface area contributed by atoms with Gasteiger partial charge in [0, 0.05) is 31.2 Å². The minimum absolute atomic E-state index is 0.00861. The molecule has 0 unspecified atom stereocenters. The SMILES string of the molecule is CN(C)CCN1C(=O)Cc2ccc(-c3ccc(C[C@@H](C#N)NC(=O)[C@@H]4[C@H]5CC[C@H](C5)N4C(=O)OC(C)(C)C)c(F)c3)cc21. The molecular formula is C33H40FN5O4. The second-order valence-electron chi connectivity index (χ2n) is 13.1. The van der Waals surface area contributed by atoms with Gasteiger partial charge in [-0.3, -0.25) is 14.5 Å². The lowest BCUT2D eigenvalue weighted by Crippen LogP contribution is -2.55. The fourth-order valence-corrected chi connectivity index (χ4v) is 6.48. The molecule has 10 heteroatoms. The van der Waals surface area contributed by atoms with Gasteiger partial charge in [-0.05, 0) is 94.4 Å². The van der Waals surface area contributed by atoms with Gasteiger partial charge in [0.05, 0.1) is 12.5 Å². The molecule has 2 aromatic carbocycles. The number of nitrogens with zero attached hydrogens (tertiary/aromatic N) is 4. The fraction of sp³-hybridized carbons (Fsp3) is 0.515. The van der Waals surface area contributed by atoms with E-state index in [1.54, 1.807) is 37.8 Å². The molecule has 3 aliphatic rings. The summed E-state index contributed by atoms with van der Waals surface area (Å²) in [6.45, 7) is 6.66. The largest absolute Gasteiger partial charge is 0.444 e. The van der Waals surface area contributed by atoms with E-state index < -0.39 is 35.5 Å². The molecule has 1 saturated carbocycles. The van der Waals surface area contributed by atoms with E-state index in [9.17, 15) is 19.6 Å². The molecule has 5 rings (SSSR count). The summed E-state index contributed by atoms with van der Waals surface area (Å²) in [5, 5.41) is 12.6. The van der Waals surface area contributed by atoms with Gasteiger partial charge in [-0.1, -0.05) is 24.3 Å². The molecule has 2 aromatic rings. The standard InChI is InChI=1S/C33H40FN5O4/c1-33(2,3)43-32(42)39-26-11-10-24(15-26)30(39)31(41)36-25(19-35)14-22-8-6-20(16-27(22)34)21-7-9-23-18-29(40)38(28(23)17-21)13-12-37(4)5/h6-9,16-17,24-26,30H,10-15,18H2,1-5H3,(H,36,41)/t24-,25-,26+,30-/m0/s1. The number of fused-ring (bicyclic) bond motifs is 3. The first-order valence-corrected chi connectivity index (χ1v) is 14.9. The van der Waals surface area contributed by atoms with Crippen LogP contribution in [-0.2, 0) is 27.2 Å². The number of ether oxygens (including phenoxy) is 1. The lowest BCUT2D eigenvalue weighted by molar-refractivity contribution is -0.128. The number of rotatable bonds is 8. The molecule has 3 amide bonds. The summed E-state index contributed by atoms with van der Waals surface area (Å²) < 4.78 is 21.0. The highest BCUT2D eigenvalue weighted by molar-refractivity contribution is 6.02. The normalized spacial score (nSPS) is 21.6. The number of likely N-dealkylation sites (tertiary alicyclic amines) is 1. The summed E-state index contributed by atoms with van der Waals surface area (Å²) in [4.78, 5) is 44.3. The number of piperidine rings is 1. The molecule has 2 bridgehead atoms. The summed E-state index contributed by atoms with van der Waals surface area (Å²) >= 11 is 0. The van der Waals surface area contributed by atoms with Gasteiger partial charge < -0.3 is 19.9 Å². The molecule has 2 fully saturated rings. The molecule has 1 saturated heterocycles. The lowest BCUT2D eigenvalue weighted by Gasteiger charge is -2.35. The van der Waals surface area contributed by atoms with E-state index in [1.165, 1.54) is 11.0 Å². The number of nitrogens with one attached hydrogen (secondary N) is 1. The monoisotopic (exact) mass is 589 g/mol. The summed E-state index contributed by atoms with van der Waals surface area (Å²) in [5.74, 6) is -0.828. The highest BCUT2D eigenvalue weighted by Crippen LogP contribution is 2.43. The van der Waals surface area contributed by atoms with Crippen LogP contribution in [0.1, 0.15) is 51.2 Å². The maximum atomic E-state index is 15.4. The number of hydrogen-bond acceptors (Lipinski definition) is 6. The van der Waals surface area contributed by atoms with Crippen molar-refractivity contribution in [3.05, 3.63) is 53.3 Å². The Balaban J connectivity index is 1.28. The second-order valence-corrected chi connectivity index (χ2v) is 13.1. The number of benzene rings is 2. The van der Waals surface area contributed by atoms with E-state index in [2.05, 4.69) is 11.4 Å². The number of amides is 3. The number of likely N-dealkylation sites (N-methyl/N-ethyl adjacent to an activating group) is 1.